The molecule has 8 heteroatoms. The first-order chi connectivity index (χ1) is 12.0. The van der Waals surface area contributed by atoms with E-state index >= 15 is 0 Å². The van der Waals surface area contributed by atoms with Crippen LogP contribution in [0.3, 0.4) is 0 Å². The zero-order chi connectivity index (χ0) is 17.6. The van der Waals surface area contributed by atoms with Gasteiger partial charge in [0.25, 0.3) is 5.91 Å². The van der Waals surface area contributed by atoms with Crippen molar-refractivity contribution in [1.29, 1.82) is 0 Å². The minimum atomic E-state index is -0.563. The summed E-state index contributed by atoms with van der Waals surface area (Å²) in [6, 6.07) is 7.50. The number of benzene rings is 1. The van der Waals surface area contributed by atoms with Gasteiger partial charge in [-0.1, -0.05) is 0 Å². The molecular weight excluding hydrogens is 345 g/mol. The number of hydrogen-bond donors (Lipinski definition) is 2. The highest BCUT2D eigenvalue weighted by atomic mass is 32.1. The van der Waals surface area contributed by atoms with Crippen molar-refractivity contribution in [3.05, 3.63) is 47.2 Å². The van der Waals surface area contributed by atoms with E-state index in [4.69, 9.17) is 10.5 Å². The molecule has 0 atom stereocenters. The van der Waals surface area contributed by atoms with E-state index in [9.17, 15) is 14.3 Å². The molecule has 128 valence electrons. The molecule has 4 rings (SSSR count). The van der Waals surface area contributed by atoms with E-state index in [1.165, 1.54) is 23.5 Å². The van der Waals surface area contributed by atoms with Gasteiger partial charge in [0.05, 0.1) is 21.2 Å². The van der Waals surface area contributed by atoms with E-state index in [0.717, 1.165) is 0 Å². The van der Waals surface area contributed by atoms with Crippen molar-refractivity contribution in [2.45, 2.75) is 6.10 Å². The van der Waals surface area contributed by atoms with Gasteiger partial charge in [0, 0.05) is 37.1 Å². The minimum absolute atomic E-state index is 0.0499. The zero-order valence-corrected chi connectivity index (χ0v) is 13.8. The molecule has 1 aromatic carbocycles. The van der Waals surface area contributed by atoms with Gasteiger partial charge in [-0.05, 0) is 18.2 Å². The maximum absolute atomic E-state index is 14.0. The summed E-state index contributed by atoms with van der Waals surface area (Å²) < 4.78 is 20.3. The standard InChI is InChI=1S/C17H14FN3O3S/c18-11-5-9(19)1-2-13(11)24-14-3-4-20-12-6-15(25-16(12)14)17(23)21-7-10(22)8-21/h1-6,10,22H,7-8,19H2. The molecule has 6 nitrogen and oxygen atoms in total. The summed E-state index contributed by atoms with van der Waals surface area (Å²) in [6.45, 7) is 0.668. The predicted molar refractivity (Wildman–Crippen MR) is 92.4 cm³/mol. The SMILES string of the molecule is Nc1ccc(Oc2ccnc3cc(C(=O)N4CC(O)C4)sc23)c(F)c1. The number of ether oxygens (including phenoxy) is 1. The number of nitrogens with zero attached hydrogens (tertiary/aromatic N) is 2. The number of likely N-dealkylation sites (tertiary alicyclic amines) is 1. The van der Waals surface area contributed by atoms with Gasteiger partial charge in [-0.3, -0.25) is 9.78 Å². The molecule has 2 aromatic heterocycles. The number of aromatic nitrogens is 1. The molecule has 3 aromatic rings. The fourth-order valence-electron chi connectivity index (χ4n) is 2.60. The van der Waals surface area contributed by atoms with Gasteiger partial charge in [-0.25, -0.2) is 4.39 Å². The molecule has 0 spiro atoms. The van der Waals surface area contributed by atoms with Gasteiger partial charge in [0.1, 0.15) is 5.75 Å². The smallest absolute Gasteiger partial charge is 0.264 e. The molecule has 1 fully saturated rings. The van der Waals surface area contributed by atoms with Crippen LogP contribution in [0.1, 0.15) is 9.67 Å². The third-order valence-corrected chi connectivity index (χ3v) is 5.04. The van der Waals surface area contributed by atoms with Crippen LogP contribution in [0.4, 0.5) is 10.1 Å². The normalized spacial score (nSPS) is 14.6. The second kappa shape index (κ2) is 5.98. The Morgan fingerprint density at radius 3 is 2.84 bits per heavy atom. The van der Waals surface area contributed by atoms with E-state index in [0.29, 0.717) is 39.6 Å². The number of carbonyl (C=O) groups is 1. The predicted octanol–water partition coefficient (Wildman–Crippen LogP) is 2.63. The lowest BCUT2D eigenvalue weighted by atomic mass is 10.1. The van der Waals surface area contributed by atoms with Crippen molar-refractivity contribution < 1.29 is 19.0 Å². The Balaban J connectivity index is 1.66. The Morgan fingerprint density at radius 2 is 2.12 bits per heavy atom. The van der Waals surface area contributed by atoms with Crippen LogP contribution in [-0.2, 0) is 0 Å². The van der Waals surface area contributed by atoms with Crippen LogP contribution in [0.5, 0.6) is 11.5 Å². The van der Waals surface area contributed by atoms with Crippen molar-refractivity contribution in [2.24, 2.45) is 0 Å². The second-order valence-electron chi connectivity index (χ2n) is 5.79. The lowest BCUT2D eigenvalue weighted by molar-refractivity contribution is 0.00623. The molecule has 0 radical (unpaired) electrons. The van der Waals surface area contributed by atoms with Crippen molar-refractivity contribution >= 4 is 33.1 Å². The largest absolute Gasteiger partial charge is 0.453 e. The Hall–Kier alpha value is -2.71. The number of thiophene rings is 1. The molecule has 1 aliphatic rings. The topological polar surface area (TPSA) is 88.7 Å². The molecule has 1 saturated heterocycles. The highest BCUT2D eigenvalue weighted by molar-refractivity contribution is 7.21. The molecule has 1 amide bonds. The summed E-state index contributed by atoms with van der Waals surface area (Å²) in [5, 5.41) is 9.34. The van der Waals surface area contributed by atoms with Crippen LogP contribution in [0.2, 0.25) is 0 Å². The second-order valence-corrected chi connectivity index (χ2v) is 6.84. The fraction of sp³-hybridized carbons (Fsp3) is 0.176. The fourth-order valence-corrected chi connectivity index (χ4v) is 3.63. The molecule has 0 aliphatic carbocycles. The Morgan fingerprint density at radius 1 is 1.32 bits per heavy atom. The number of nitrogens with two attached hydrogens (primary N) is 1. The van der Waals surface area contributed by atoms with E-state index < -0.39 is 11.9 Å². The molecular formula is C17H14FN3O3S. The van der Waals surface area contributed by atoms with Crippen LogP contribution in [-0.4, -0.2) is 40.1 Å². The number of nitrogen functional groups attached to an aromatic ring is 1. The van der Waals surface area contributed by atoms with Crippen molar-refractivity contribution in [1.82, 2.24) is 9.88 Å². The van der Waals surface area contributed by atoms with Crippen molar-refractivity contribution in [3.8, 4) is 11.5 Å². The van der Waals surface area contributed by atoms with E-state index in [1.807, 2.05) is 0 Å². The minimum Gasteiger partial charge on any atom is -0.453 e. The molecule has 0 unspecified atom stereocenters. The van der Waals surface area contributed by atoms with Crippen molar-refractivity contribution in [2.75, 3.05) is 18.8 Å². The van der Waals surface area contributed by atoms with Gasteiger partial charge in [0.15, 0.2) is 11.6 Å². The van der Waals surface area contributed by atoms with Crippen LogP contribution < -0.4 is 10.5 Å². The molecule has 25 heavy (non-hydrogen) atoms. The number of aliphatic hydroxyl groups is 1. The van der Waals surface area contributed by atoms with E-state index in [1.54, 1.807) is 29.3 Å². The average Bonchev–Trinajstić information content (AvgIpc) is 2.99. The number of rotatable bonds is 3. The molecule has 3 N–H and O–H groups in total. The van der Waals surface area contributed by atoms with Gasteiger partial charge >= 0.3 is 0 Å². The third kappa shape index (κ3) is 2.90. The van der Waals surface area contributed by atoms with Gasteiger partial charge in [0.2, 0.25) is 0 Å². The van der Waals surface area contributed by atoms with E-state index in [2.05, 4.69) is 4.98 Å². The van der Waals surface area contributed by atoms with E-state index in [-0.39, 0.29) is 11.7 Å². The Labute approximate surface area is 146 Å². The quantitative estimate of drug-likeness (QED) is 0.702. The molecule has 3 heterocycles. The summed E-state index contributed by atoms with van der Waals surface area (Å²) in [6.07, 6.45) is 1.09. The first-order valence-corrected chi connectivity index (χ1v) is 8.41. The number of hydrogen-bond acceptors (Lipinski definition) is 6. The van der Waals surface area contributed by atoms with Crippen LogP contribution in [0.25, 0.3) is 10.2 Å². The maximum Gasteiger partial charge on any atom is 0.264 e. The summed E-state index contributed by atoms with van der Waals surface area (Å²) in [7, 11) is 0. The number of amides is 1. The number of anilines is 1. The van der Waals surface area contributed by atoms with Crippen molar-refractivity contribution in [3.63, 3.8) is 0 Å². The summed E-state index contributed by atoms with van der Waals surface area (Å²) in [4.78, 5) is 18.7. The third-order valence-electron chi connectivity index (χ3n) is 3.91. The number of halogens is 1. The number of β-amino-alcohol motifs (C(OH)–C–C–N with tert-alkyl or cyclic N) is 1. The number of pyridine rings is 1. The number of carbonyl (C=O) groups excluding carboxylic acids is 1. The van der Waals surface area contributed by atoms with Gasteiger partial charge in [-0.2, -0.15) is 0 Å². The average molecular weight is 359 g/mol. The first-order valence-electron chi connectivity index (χ1n) is 7.60. The van der Waals surface area contributed by atoms with Gasteiger partial charge < -0.3 is 20.5 Å². The molecule has 0 bridgehead atoms. The van der Waals surface area contributed by atoms with Crippen LogP contribution in [0, 0.1) is 5.82 Å². The monoisotopic (exact) mass is 359 g/mol. The maximum atomic E-state index is 14.0. The summed E-state index contributed by atoms with van der Waals surface area (Å²) >= 11 is 1.23. The lowest BCUT2D eigenvalue weighted by Crippen LogP contribution is -2.53. The lowest BCUT2D eigenvalue weighted by Gasteiger charge is -2.35. The summed E-state index contributed by atoms with van der Waals surface area (Å²) in [5.41, 5.74) is 6.45. The number of fused-ring (bicyclic) bond motifs is 1. The highest BCUT2D eigenvalue weighted by Crippen LogP contribution is 2.36. The Kier molecular flexibility index (Phi) is 3.78. The summed E-state index contributed by atoms with van der Waals surface area (Å²) in [5.74, 6) is -0.250. The van der Waals surface area contributed by atoms with Crippen LogP contribution >= 0.6 is 11.3 Å². The zero-order valence-electron chi connectivity index (χ0n) is 13.0. The Bertz CT molecular complexity index is 969. The molecule has 0 saturated carbocycles. The highest BCUT2D eigenvalue weighted by Gasteiger charge is 2.30. The first kappa shape index (κ1) is 15.8. The molecule has 1 aliphatic heterocycles. The number of aliphatic hydroxyl groups excluding tert-OH is 1. The van der Waals surface area contributed by atoms with Crippen LogP contribution in [0.15, 0.2) is 36.5 Å². The van der Waals surface area contributed by atoms with Gasteiger partial charge in [-0.15, -0.1) is 11.3 Å².